The number of carbonyl (C=O) groups excluding carboxylic acids is 1. The van der Waals surface area contributed by atoms with Gasteiger partial charge in [0.05, 0.1) is 4.92 Å². The van der Waals surface area contributed by atoms with Crippen molar-refractivity contribution in [1.82, 2.24) is 9.97 Å². The molecular weight excluding hydrogens is 400 g/mol. The van der Waals surface area contributed by atoms with E-state index in [9.17, 15) is 14.9 Å². The molecule has 0 spiro atoms. The van der Waals surface area contributed by atoms with Gasteiger partial charge in [0.25, 0.3) is 5.91 Å². The second-order valence-corrected chi connectivity index (χ2v) is 6.95. The quantitative estimate of drug-likeness (QED) is 0.363. The monoisotopic (exact) mass is 418 g/mol. The zero-order valence-corrected chi connectivity index (χ0v) is 16.8. The minimum atomic E-state index is -0.522. The molecule has 0 bridgehead atoms. The Hall–Kier alpha value is -4.27. The summed E-state index contributed by atoms with van der Waals surface area (Å²) in [4.78, 5) is 31.6. The number of amides is 1. The van der Waals surface area contributed by atoms with E-state index in [-0.39, 0.29) is 18.0 Å². The van der Waals surface area contributed by atoms with Gasteiger partial charge in [-0.3, -0.25) is 14.9 Å². The minimum Gasteiger partial charge on any atom is -0.477 e. The minimum absolute atomic E-state index is 0.0819. The molecule has 1 N–H and O–H groups in total. The van der Waals surface area contributed by atoms with Crippen molar-refractivity contribution < 1.29 is 18.9 Å². The molecule has 0 aliphatic carbocycles. The predicted molar refractivity (Wildman–Crippen MR) is 114 cm³/mol. The highest BCUT2D eigenvalue weighted by Crippen LogP contribution is 2.32. The number of nitro benzene ring substituents is 1. The van der Waals surface area contributed by atoms with Gasteiger partial charge < -0.3 is 14.5 Å². The van der Waals surface area contributed by atoms with Gasteiger partial charge in [-0.1, -0.05) is 12.1 Å². The number of oxazole rings is 1. The summed E-state index contributed by atoms with van der Waals surface area (Å²) in [5.41, 5.74) is 3.40. The van der Waals surface area contributed by atoms with Gasteiger partial charge in [-0.25, -0.2) is 4.98 Å². The highest BCUT2D eigenvalue weighted by atomic mass is 16.6. The van der Waals surface area contributed by atoms with Crippen LogP contribution in [0, 0.1) is 24.0 Å². The van der Waals surface area contributed by atoms with Crippen LogP contribution in [-0.4, -0.2) is 27.4 Å². The van der Waals surface area contributed by atoms with Crippen LogP contribution in [0.15, 0.2) is 59.1 Å². The number of nitrogens with zero attached hydrogens (tertiary/aromatic N) is 3. The molecule has 0 aliphatic heterocycles. The van der Waals surface area contributed by atoms with Gasteiger partial charge in [-0.2, -0.15) is 4.98 Å². The second kappa shape index (κ2) is 8.23. The standard InChI is InChI=1S/C22H18N4O5/c1-13-9-14(2)20(17(10-13)26(28)29)30-12-19(27)24-16-6-3-5-15(11-16)22-25-21-18(31-22)7-4-8-23-21/h3-11H,12H2,1-2H3,(H,24,27). The first-order valence-electron chi connectivity index (χ1n) is 9.41. The molecule has 4 rings (SSSR count). The Labute approximate surface area is 176 Å². The fraction of sp³-hybridized carbons (Fsp3) is 0.136. The van der Waals surface area contributed by atoms with Crippen molar-refractivity contribution in [2.45, 2.75) is 13.8 Å². The van der Waals surface area contributed by atoms with Crippen LogP contribution in [-0.2, 0) is 4.79 Å². The summed E-state index contributed by atoms with van der Waals surface area (Å²) >= 11 is 0. The number of hydrogen-bond donors (Lipinski definition) is 1. The zero-order chi connectivity index (χ0) is 22.0. The molecule has 31 heavy (non-hydrogen) atoms. The summed E-state index contributed by atoms with van der Waals surface area (Å²) in [7, 11) is 0. The van der Waals surface area contributed by atoms with Crippen LogP contribution in [0.25, 0.3) is 22.7 Å². The summed E-state index contributed by atoms with van der Waals surface area (Å²) in [6, 6.07) is 13.7. The van der Waals surface area contributed by atoms with E-state index in [1.54, 1.807) is 62.5 Å². The molecule has 0 unspecified atom stereocenters. The molecule has 9 heteroatoms. The largest absolute Gasteiger partial charge is 0.477 e. The normalized spacial score (nSPS) is 10.8. The maximum absolute atomic E-state index is 12.4. The lowest BCUT2D eigenvalue weighted by Gasteiger charge is -2.11. The first kappa shape index (κ1) is 20.0. The highest BCUT2D eigenvalue weighted by molar-refractivity contribution is 5.92. The molecular formula is C22H18N4O5. The van der Waals surface area contributed by atoms with Crippen LogP contribution >= 0.6 is 0 Å². The molecule has 0 fully saturated rings. The van der Waals surface area contributed by atoms with Crippen molar-refractivity contribution in [3.05, 3.63) is 76.0 Å². The Morgan fingerprint density at radius 2 is 2.03 bits per heavy atom. The fourth-order valence-electron chi connectivity index (χ4n) is 3.21. The Balaban J connectivity index is 1.48. The van der Waals surface area contributed by atoms with Crippen LogP contribution in [0.4, 0.5) is 11.4 Å². The average molecular weight is 418 g/mol. The van der Waals surface area contributed by atoms with E-state index < -0.39 is 10.8 Å². The van der Waals surface area contributed by atoms with Crippen molar-refractivity contribution in [1.29, 1.82) is 0 Å². The molecule has 1 amide bonds. The number of pyridine rings is 1. The predicted octanol–water partition coefficient (Wildman–Crippen LogP) is 4.43. The van der Waals surface area contributed by atoms with Crippen LogP contribution in [0.1, 0.15) is 11.1 Å². The number of fused-ring (bicyclic) bond motifs is 1. The van der Waals surface area contributed by atoms with Gasteiger partial charge in [0.1, 0.15) is 0 Å². The fourth-order valence-corrected chi connectivity index (χ4v) is 3.21. The highest BCUT2D eigenvalue weighted by Gasteiger charge is 2.19. The molecule has 0 saturated carbocycles. The summed E-state index contributed by atoms with van der Waals surface area (Å²) < 4.78 is 11.2. The number of aromatic nitrogens is 2. The lowest BCUT2D eigenvalue weighted by molar-refractivity contribution is -0.385. The number of carbonyl (C=O) groups is 1. The number of ether oxygens (including phenoxy) is 1. The summed E-state index contributed by atoms with van der Waals surface area (Å²) in [6.45, 7) is 3.09. The first-order valence-corrected chi connectivity index (χ1v) is 9.41. The second-order valence-electron chi connectivity index (χ2n) is 6.95. The number of hydrogen-bond acceptors (Lipinski definition) is 7. The van der Waals surface area contributed by atoms with E-state index in [2.05, 4.69) is 15.3 Å². The molecule has 9 nitrogen and oxygen atoms in total. The lowest BCUT2D eigenvalue weighted by atomic mass is 10.1. The molecule has 0 saturated heterocycles. The van der Waals surface area contributed by atoms with Gasteiger partial charge in [-0.15, -0.1) is 0 Å². The van der Waals surface area contributed by atoms with E-state index in [4.69, 9.17) is 9.15 Å². The van der Waals surface area contributed by atoms with Crippen molar-refractivity contribution in [2.75, 3.05) is 11.9 Å². The topological polar surface area (TPSA) is 120 Å². The van der Waals surface area contributed by atoms with Gasteiger partial charge in [0.2, 0.25) is 11.6 Å². The average Bonchev–Trinajstić information content (AvgIpc) is 3.17. The van der Waals surface area contributed by atoms with E-state index in [1.807, 2.05) is 0 Å². The number of benzene rings is 2. The van der Waals surface area contributed by atoms with Crippen molar-refractivity contribution >= 4 is 28.5 Å². The summed E-state index contributed by atoms with van der Waals surface area (Å²) in [6.07, 6.45) is 1.63. The van der Waals surface area contributed by atoms with Gasteiger partial charge in [0, 0.05) is 23.5 Å². The zero-order valence-electron chi connectivity index (χ0n) is 16.8. The van der Waals surface area contributed by atoms with Crippen LogP contribution in [0.3, 0.4) is 0 Å². The van der Waals surface area contributed by atoms with E-state index in [0.29, 0.717) is 33.9 Å². The van der Waals surface area contributed by atoms with Crippen molar-refractivity contribution in [2.24, 2.45) is 0 Å². The SMILES string of the molecule is Cc1cc(C)c(OCC(=O)Nc2cccc(-c3nc4ncccc4o3)c2)c([N+](=O)[O-])c1. The van der Waals surface area contributed by atoms with Crippen LogP contribution < -0.4 is 10.1 Å². The Bertz CT molecular complexity index is 1270. The maximum atomic E-state index is 12.4. The van der Waals surface area contributed by atoms with Crippen LogP contribution in [0.5, 0.6) is 5.75 Å². The van der Waals surface area contributed by atoms with Crippen LogP contribution in [0.2, 0.25) is 0 Å². The Morgan fingerprint density at radius 3 is 2.81 bits per heavy atom. The number of nitrogens with one attached hydrogen (secondary N) is 1. The smallest absolute Gasteiger partial charge is 0.311 e. The first-order chi connectivity index (χ1) is 14.9. The molecule has 0 radical (unpaired) electrons. The number of anilines is 1. The molecule has 0 aliphatic rings. The third kappa shape index (κ3) is 4.35. The van der Waals surface area contributed by atoms with Crippen molar-refractivity contribution in [3.8, 4) is 17.2 Å². The number of aryl methyl sites for hydroxylation is 2. The molecule has 2 aromatic heterocycles. The van der Waals surface area contributed by atoms with Gasteiger partial charge >= 0.3 is 5.69 Å². The van der Waals surface area contributed by atoms with E-state index >= 15 is 0 Å². The Kier molecular flexibility index (Phi) is 5.31. The summed E-state index contributed by atoms with van der Waals surface area (Å²) in [5.74, 6) is 0.0103. The van der Waals surface area contributed by atoms with Gasteiger partial charge in [-0.05, 0) is 55.3 Å². The molecule has 156 valence electrons. The van der Waals surface area contributed by atoms with E-state index in [1.165, 1.54) is 6.07 Å². The summed E-state index contributed by atoms with van der Waals surface area (Å²) in [5, 5.41) is 14.0. The molecule has 2 aromatic carbocycles. The van der Waals surface area contributed by atoms with E-state index in [0.717, 1.165) is 5.56 Å². The lowest BCUT2D eigenvalue weighted by Crippen LogP contribution is -2.20. The number of rotatable bonds is 6. The van der Waals surface area contributed by atoms with Crippen molar-refractivity contribution in [3.63, 3.8) is 0 Å². The number of nitro groups is 1. The molecule has 2 heterocycles. The third-order valence-corrected chi connectivity index (χ3v) is 4.50. The third-order valence-electron chi connectivity index (χ3n) is 4.50. The molecule has 4 aromatic rings. The molecule has 0 atom stereocenters. The maximum Gasteiger partial charge on any atom is 0.311 e. The Morgan fingerprint density at radius 1 is 1.19 bits per heavy atom. The van der Waals surface area contributed by atoms with Gasteiger partial charge in [0.15, 0.2) is 17.8 Å².